The molecule has 0 aliphatic rings. The van der Waals surface area contributed by atoms with Crippen LogP contribution in [0.3, 0.4) is 0 Å². The van der Waals surface area contributed by atoms with Crippen molar-refractivity contribution in [1.29, 1.82) is 0 Å². The van der Waals surface area contributed by atoms with E-state index in [-0.39, 0.29) is 17.7 Å². The van der Waals surface area contributed by atoms with Crippen molar-refractivity contribution in [2.75, 3.05) is 5.32 Å². The van der Waals surface area contributed by atoms with Crippen LogP contribution in [0.15, 0.2) is 47.1 Å². The van der Waals surface area contributed by atoms with Crippen LogP contribution in [-0.2, 0) is 16.1 Å². The van der Waals surface area contributed by atoms with Gasteiger partial charge >= 0.3 is 0 Å². The first-order valence-corrected chi connectivity index (χ1v) is 8.63. The standard InChI is InChI=1S/C20H26N2O3/c1-14(2)16-6-8-17(9-7-16)22-20(24)12-15(3)11-19(23)21-13-18-5-4-10-25-18/h4-10,14-15H,11-13H2,1-3H3,(H,21,23)(H,22,24). The van der Waals surface area contributed by atoms with Gasteiger partial charge in [0.25, 0.3) is 0 Å². The summed E-state index contributed by atoms with van der Waals surface area (Å²) in [6.07, 6.45) is 2.18. The Hall–Kier alpha value is -2.56. The molecule has 0 radical (unpaired) electrons. The Morgan fingerprint density at radius 2 is 1.68 bits per heavy atom. The summed E-state index contributed by atoms with van der Waals surface area (Å²) in [6, 6.07) is 11.4. The van der Waals surface area contributed by atoms with Crippen LogP contribution in [0.2, 0.25) is 0 Å². The molecule has 1 heterocycles. The van der Waals surface area contributed by atoms with Crippen molar-refractivity contribution < 1.29 is 14.0 Å². The third-order valence-electron chi connectivity index (χ3n) is 3.97. The Labute approximate surface area is 148 Å². The van der Waals surface area contributed by atoms with Crippen molar-refractivity contribution in [3.8, 4) is 0 Å². The summed E-state index contributed by atoms with van der Waals surface area (Å²) in [7, 11) is 0. The van der Waals surface area contributed by atoms with Crippen LogP contribution in [0, 0.1) is 5.92 Å². The van der Waals surface area contributed by atoms with Gasteiger partial charge < -0.3 is 15.1 Å². The fourth-order valence-corrected chi connectivity index (χ4v) is 2.54. The highest BCUT2D eigenvalue weighted by atomic mass is 16.3. The van der Waals surface area contributed by atoms with Crippen molar-refractivity contribution in [3.63, 3.8) is 0 Å². The fraction of sp³-hybridized carbons (Fsp3) is 0.400. The van der Waals surface area contributed by atoms with Gasteiger partial charge in [-0.3, -0.25) is 9.59 Å². The monoisotopic (exact) mass is 342 g/mol. The molecule has 0 saturated heterocycles. The van der Waals surface area contributed by atoms with Gasteiger partial charge in [0.05, 0.1) is 12.8 Å². The molecule has 0 saturated carbocycles. The van der Waals surface area contributed by atoms with Crippen LogP contribution in [0.4, 0.5) is 5.69 Å². The highest BCUT2D eigenvalue weighted by Crippen LogP contribution is 2.18. The summed E-state index contributed by atoms with van der Waals surface area (Å²) in [4.78, 5) is 24.0. The van der Waals surface area contributed by atoms with Gasteiger partial charge in [0.2, 0.25) is 11.8 Å². The number of carbonyl (C=O) groups is 2. The maximum absolute atomic E-state index is 12.1. The van der Waals surface area contributed by atoms with E-state index < -0.39 is 0 Å². The molecular weight excluding hydrogens is 316 g/mol. The minimum Gasteiger partial charge on any atom is -0.467 e. The number of amides is 2. The van der Waals surface area contributed by atoms with E-state index in [2.05, 4.69) is 24.5 Å². The van der Waals surface area contributed by atoms with Crippen LogP contribution >= 0.6 is 0 Å². The predicted molar refractivity (Wildman–Crippen MR) is 98.1 cm³/mol. The average molecular weight is 342 g/mol. The summed E-state index contributed by atoms with van der Waals surface area (Å²) in [6.45, 7) is 6.53. The van der Waals surface area contributed by atoms with Crippen LogP contribution in [-0.4, -0.2) is 11.8 Å². The maximum atomic E-state index is 12.1. The average Bonchev–Trinajstić information content (AvgIpc) is 3.06. The van der Waals surface area contributed by atoms with E-state index in [0.29, 0.717) is 31.1 Å². The summed E-state index contributed by atoms with van der Waals surface area (Å²) in [5, 5.41) is 5.67. The Morgan fingerprint density at radius 1 is 1.00 bits per heavy atom. The normalized spacial score (nSPS) is 12.0. The van der Waals surface area contributed by atoms with Crippen LogP contribution < -0.4 is 10.6 Å². The van der Waals surface area contributed by atoms with E-state index >= 15 is 0 Å². The Morgan fingerprint density at radius 3 is 2.28 bits per heavy atom. The van der Waals surface area contributed by atoms with Gasteiger partial charge in [-0.15, -0.1) is 0 Å². The van der Waals surface area contributed by atoms with E-state index in [1.165, 1.54) is 5.56 Å². The van der Waals surface area contributed by atoms with Gasteiger partial charge in [-0.2, -0.15) is 0 Å². The molecule has 5 nitrogen and oxygen atoms in total. The topological polar surface area (TPSA) is 71.3 Å². The van der Waals surface area contributed by atoms with E-state index in [1.807, 2.05) is 37.3 Å². The quantitative estimate of drug-likeness (QED) is 0.759. The molecule has 1 atom stereocenters. The second-order valence-electron chi connectivity index (χ2n) is 6.69. The molecule has 25 heavy (non-hydrogen) atoms. The van der Waals surface area contributed by atoms with Gasteiger partial charge in [-0.1, -0.05) is 32.9 Å². The second-order valence-corrected chi connectivity index (χ2v) is 6.69. The maximum Gasteiger partial charge on any atom is 0.224 e. The van der Waals surface area contributed by atoms with Gasteiger partial charge in [-0.05, 0) is 41.7 Å². The first-order valence-electron chi connectivity index (χ1n) is 8.63. The molecule has 1 aromatic carbocycles. The molecule has 2 rings (SSSR count). The number of anilines is 1. The Kier molecular flexibility index (Phi) is 6.81. The van der Waals surface area contributed by atoms with Crippen LogP contribution in [0.1, 0.15) is 50.9 Å². The molecule has 0 fully saturated rings. The van der Waals surface area contributed by atoms with Crippen LogP contribution in [0.25, 0.3) is 0 Å². The lowest BCUT2D eigenvalue weighted by Gasteiger charge is -2.12. The van der Waals surface area contributed by atoms with Crippen molar-refractivity contribution in [2.45, 2.75) is 46.1 Å². The highest BCUT2D eigenvalue weighted by Gasteiger charge is 2.14. The first kappa shape index (κ1) is 18.8. The number of nitrogens with one attached hydrogen (secondary N) is 2. The van der Waals surface area contributed by atoms with E-state index in [9.17, 15) is 9.59 Å². The van der Waals surface area contributed by atoms with Gasteiger partial charge in [0, 0.05) is 18.5 Å². The molecule has 5 heteroatoms. The van der Waals surface area contributed by atoms with Crippen molar-refractivity contribution in [3.05, 3.63) is 54.0 Å². The third kappa shape index (κ3) is 6.45. The summed E-state index contributed by atoms with van der Waals surface area (Å²) in [5.74, 6) is 0.973. The van der Waals surface area contributed by atoms with Gasteiger partial charge in [-0.25, -0.2) is 0 Å². The fourth-order valence-electron chi connectivity index (χ4n) is 2.54. The van der Waals surface area contributed by atoms with E-state index in [0.717, 1.165) is 5.69 Å². The highest BCUT2D eigenvalue weighted by molar-refractivity contribution is 5.91. The molecule has 1 unspecified atom stereocenters. The largest absolute Gasteiger partial charge is 0.467 e. The molecule has 2 aromatic rings. The lowest BCUT2D eigenvalue weighted by atomic mass is 10.0. The lowest BCUT2D eigenvalue weighted by molar-refractivity contribution is -0.122. The predicted octanol–water partition coefficient (Wildman–Crippen LogP) is 4.07. The molecule has 0 spiro atoms. The molecule has 0 aliphatic carbocycles. The zero-order valence-electron chi connectivity index (χ0n) is 15.0. The number of carbonyl (C=O) groups excluding carboxylic acids is 2. The molecule has 1 aromatic heterocycles. The molecule has 0 aliphatic heterocycles. The minimum atomic E-state index is -0.0852. The number of hydrogen-bond donors (Lipinski definition) is 2. The number of furan rings is 1. The zero-order valence-corrected chi connectivity index (χ0v) is 15.0. The lowest BCUT2D eigenvalue weighted by Crippen LogP contribution is -2.25. The van der Waals surface area contributed by atoms with Crippen molar-refractivity contribution >= 4 is 17.5 Å². The SMILES string of the molecule is CC(CC(=O)NCc1ccco1)CC(=O)Nc1ccc(C(C)C)cc1. The van der Waals surface area contributed by atoms with E-state index in [4.69, 9.17) is 4.42 Å². The minimum absolute atomic E-state index is 0.0356. The van der Waals surface area contributed by atoms with Gasteiger partial charge in [0.1, 0.15) is 5.76 Å². The van der Waals surface area contributed by atoms with Crippen LogP contribution in [0.5, 0.6) is 0 Å². The molecule has 2 N–H and O–H groups in total. The molecule has 134 valence electrons. The zero-order chi connectivity index (χ0) is 18.2. The smallest absolute Gasteiger partial charge is 0.224 e. The third-order valence-corrected chi connectivity index (χ3v) is 3.97. The summed E-state index contributed by atoms with van der Waals surface area (Å²) < 4.78 is 5.16. The molecule has 2 amide bonds. The van der Waals surface area contributed by atoms with E-state index in [1.54, 1.807) is 12.3 Å². The number of rotatable bonds is 8. The molecule has 0 bridgehead atoms. The van der Waals surface area contributed by atoms with Crippen molar-refractivity contribution in [1.82, 2.24) is 5.32 Å². The first-order chi connectivity index (χ1) is 11.9. The second kappa shape index (κ2) is 9.06. The Bertz CT molecular complexity index is 675. The Balaban J connectivity index is 1.72. The number of benzene rings is 1. The molecular formula is C20H26N2O3. The number of hydrogen-bond acceptors (Lipinski definition) is 3. The summed E-state index contributed by atoms with van der Waals surface area (Å²) >= 11 is 0. The summed E-state index contributed by atoms with van der Waals surface area (Å²) in [5.41, 5.74) is 2.02. The van der Waals surface area contributed by atoms with Crippen molar-refractivity contribution in [2.24, 2.45) is 5.92 Å². The van der Waals surface area contributed by atoms with Gasteiger partial charge in [0.15, 0.2) is 0 Å².